The second-order valence-corrected chi connectivity index (χ2v) is 7.70. The summed E-state index contributed by atoms with van der Waals surface area (Å²) in [6.45, 7) is 7.30. The predicted molar refractivity (Wildman–Crippen MR) is 64.9 cm³/mol. The van der Waals surface area contributed by atoms with Gasteiger partial charge in [0, 0.05) is 31.6 Å². The maximum Gasteiger partial charge on any atom is 0.410 e. The molecule has 0 aromatic carbocycles. The highest BCUT2D eigenvalue weighted by Crippen LogP contribution is 2.40. The van der Waals surface area contributed by atoms with Gasteiger partial charge in [0.25, 0.3) is 10.2 Å². The van der Waals surface area contributed by atoms with Crippen LogP contribution in [0, 0.1) is 5.41 Å². The van der Waals surface area contributed by atoms with Gasteiger partial charge < -0.3 is 9.64 Å². The number of carbonyl (C=O) groups is 1. The van der Waals surface area contributed by atoms with Crippen LogP contribution in [0.25, 0.3) is 0 Å². The van der Waals surface area contributed by atoms with Gasteiger partial charge >= 0.3 is 6.09 Å². The molecule has 2 aliphatic rings. The van der Waals surface area contributed by atoms with Gasteiger partial charge in [-0.25, -0.2) is 9.93 Å². The molecule has 0 aliphatic carbocycles. The van der Waals surface area contributed by atoms with Crippen LogP contribution >= 0.6 is 0 Å². The van der Waals surface area contributed by atoms with Gasteiger partial charge in [0.1, 0.15) is 5.60 Å². The minimum absolute atomic E-state index is 0.108. The SMILES string of the molecule is CC(C)(C)OC(=O)N1CC2(C1)CN(S(N)(=O)=O)C2. The van der Waals surface area contributed by atoms with E-state index in [9.17, 15) is 13.2 Å². The number of likely N-dealkylation sites (tertiary alicyclic amines) is 1. The van der Waals surface area contributed by atoms with E-state index in [1.807, 2.05) is 20.8 Å². The van der Waals surface area contributed by atoms with Crippen LogP contribution in [0.4, 0.5) is 4.79 Å². The lowest BCUT2D eigenvalue weighted by Gasteiger charge is -2.58. The molecule has 2 aliphatic heterocycles. The fourth-order valence-electron chi connectivity index (χ4n) is 2.30. The lowest BCUT2D eigenvalue weighted by atomic mass is 9.75. The van der Waals surface area contributed by atoms with Crippen molar-refractivity contribution < 1.29 is 17.9 Å². The van der Waals surface area contributed by atoms with Gasteiger partial charge in [-0.2, -0.15) is 12.7 Å². The van der Waals surface area contributed by atoms with Gasteiger partial charge in [0.05, 0.1) is 0 Å². The van der Waals surface area contributed by atoms with Crippen molar-refractivity contribution in [1.29, 1.82) is 0 Å². The number of carbonyl (C=O) groups excluding carboxylic acids is 1. The number of nitrogens with zero attached hydrogens (tertiary/aromatic N) is 2. The van der Waals surface area contributed by atoms with E-state index in [1.165, 1.54) is 4.31 Å². The normalized spacial score (nSPS) is 23.4. The van der Waals surface area contributed by atoms with E-state index >= 15 is 0 Å². The molecule has 1 amide bonds. The maximum atomic E-state index is 11.7. The van der Waals surface area contributed by atoms with E-state index in [1.54, 1.807) is 4.90 Å². The Hall–Kier alpha value is -0.860. The zero-order valence-electron chi connectivity index (χ0n) is 10.8. The van der Waals surface area contributed by atoms with Crippen molar-refractivity contribution >= 4 is 16.3 Å². The first kappa shape index (κ1) is 13.6. The summed E-state index contributed by atoms with van der Waals surface area (Å²) in [5.74, 6) is 0. The van der Waals surface area contributed by atoms with Crippen LogP contribution in [0.15, 0.2) is 0 Å². The molecule has 2 heterocycles. The average Bonchev–Trinajstić information content (AvgIpc) is 1.90. The number of hydrogen-bond donors (Lipinski definition) is 1. The molecule has 104 valence electrons. The quantitative estimate of drug-likeness (QED) is 0.715. The molecule has 2 rings (SSSR count). The minimum atomic E-state index is -3.58. The van der Waals surface area contributed by atoms with Crippen molar-refractivity contribution in [1.82, 2.24) is 9.21 Å². The molecule has 8 heteroatoms. The Balaban J connectivity index is 1.81. The van der Waals surface area contributed by atoms with Crippen LogP contribution in [0.1, 0.15) is 20.8 Å². The maximum absolute atomic E-state index is 11.7. The summed E-state index contributed by atoms with van der Waals surface area (Å²) in [4.78, 5) is 13.3. The Morgan fingerprint density at radius 2 is 1.72 bits per heavy atom. The highest BCUT2D eigenvalue weighted by Gasteiger charge is 2.56. The van der Waals surface area contributed by atoms with Crippen LogP contribution in [0.5, 0.6) is 0 Å². The highest BCUT2D eigenvalue weighted by molar-refractivity contribution is 7.86. The van der Waals surface area contributed by atoms with Crippen molar-refractivity contribution in [3.05, 3.63) is 0 Å². The molecule has 0 saturated carbocycles. The van der Waals surface area contributed by atoms with E-state index in [0.717, 1.165) is 0 Å². The standard InChI is InChI=1S/C10H19N3O4S/c1-9(2,3)17-8(14)12-4-10(5-12)6-13(7-10)18(11,15)16/h4-7H2,1-3H3,(H2,11,15,16). The summed E-state index contributed by atoms with van der Waals surface area (Å²) < 4.78 is 28.5. The molecule has 0 bridgehead atoms. The molecule has 0 unspecified atom stereocenters. The lowest BCUT2D eigenvalue weighted by Crippen LogP contribution is -2.74. The van der Waals surface area contributed by atoms with Gasteiger partial charge in [-0.3, -0.25) is 0 Å². The molecule has 1 spiro atoms. The van der Waals surface area contributed by atoms with Crippen molar-refractivity contribution in [2.75, 3.05) is 26.2 Å². The van der Waals surface area contributed by atoms with Crippen molar-refractivity contribution in [2.24, 2.45) is 10.6 Å². The summed E-state index contributed by atoms with van der Waals surface area (Å²) in [6.07, 6.45) is -0.345. The van der Waals surface area contributed by atoms with E-state index in [4.69, 9.17) is 9.88 Å². The molecule has 2 N–H and O–H groups in total. The molecular formula is C10H19N3O4S. The van der Waals surface area contributed by atoms with Crippen LogP contribution in [0.3, 0.4) is 0 Å². The predicted octanol–water partition coefficient (Wildman–Crippen LogP) is -0.257. The first-order chi connectivity index (χ1) is 8.01. The molecule has 2 fully saturated rings. The van der Waals surface area contributed by atoms with Crippen molar-refractivity contribution in [3.63, 3.8) is 0 Å². The number of rotatable bonds is 1. The zero-order valence-corrected chi connectivity index (χ0v) is 11.7. The molecule has 2 saturated heterocycles. The minimum Gasteiger partial charge on any atom is -0.444 e. The fraction of sp³-hybridized carbons (Fsp3) is 0.900. The highest BCUT2D eigenvalue weighted by atomic mass is 32.2. The summed E-state index contributed by atoms with van der Waals surface area (Å²) in [5.41, 5.74) is -0.616. The summed E-state index contributed by atoms with van der Waals surface area (Å²) in [7, 11) is -3.58. The molecule has 0 atom stereocenters. The van der Waals surface area contributed by atoms with Crippen LogP contribution in [-0.2, 0) is 14.9 Å². The van der Waals surface area contributed by atoms with Crippen LogP contribution < -0.4 is 5.14 Å². The van der Waals surface area contributed by atoms with E-state index < -0.39 is 15.8 Å². The van der Waals surface area contributed by atoms with Crippen LogP contribution in [-0.4, -0.2) is 55.5 Å². The number of amides is 1. The molecule has 18 heavy (non-hydrogen) atoms. The Morgan fingerprint density at radius 3 is 2.11 bits per heavy atom. The first-order valence-electron chi connectivity index (χ1n) is 5.77. The molecule has 0 aromatic rings. The first-order valence-corrected chi connectivity index (χ1v) is 7.27. The summed E-state index contributed by atoms with van der Waals surface area (Å²) in [6, 6.07) is 0. The molecule has 0 aromatic heterocycles. The zero-order chi connectivity index (χ0) is 13.8. The Morgan fingerprint density at radius 1 is 1.22 bits per heavy atom. The number of ether oxygens (including phenoxy) is 1. The van der Waals surface area contributed by atoms with E-state index in [2.05, 4.69) is 0 Å². The second-order valence-electron chi connectivity index (χ2n) is 6.15. The third kappa shape index (κ3) is 2.60. The number of hydrogen-bond acceptors (Lipinski definition) is 4. The Bertz CT molecular complexity index is 454. The fourth-order valence-corrected chi connectivity index (χ4v) is 3.21. The monoisotopic (exact) mass is 277 g/mol. The van der Waals surface area contributed by atoms with Crippen molar-refractivity contribution in [2.45, 2.75) is 26.4 Å². The summed E-state index contributed by atoms with van der Waals surface area (Å²) in [5, 5.41) is 5.01. The van der Waals surface area contributed by atoms with E-state index in [-0.39, 0.29) is 11.5 Å². The third-order valence-corrected chi connectivity index (χ3v) is 4.07. The Labute approximate surface area is 107 Å². The largest absolute Gasteiger partial charge is 0.444 e. The lowest BCUT2D eigenvalue weighted by molar-refractivity contribution is -0.0839. The smallest absolute Gasteiger partial charge is 0.410 e. The topological polar surface area (TPSA) is 92.9 Å². The Kier molecular flexibility index (Phi) is 2.88. The van der Waals surface area contributed by atoms with Crippen LogP contribution in [0.2, 0.25) is 0 Å². The van der Waals surface area contributed by atoms with Gasteiger partial charge in [0.15, 0.2) is 0 Å². The van der Waals surface area contributed by atoms with E-state index in [0.29, 0.717) is 26.2 Å². The second kappa shape index (κ2) is 3.82. The third-order valence-electron chi connectivity index (χ3n) is 3.09. The summed E-state index contributed by atoms with van der Waals surface area (Å²) >= 11 is 0. The van der Waals surface area contributed by atoms with Gasteiger partial charge in [-0.05, 0) is 20.8 Å². The molecule has 7 nitrogen and oxygen atoms in total. The van der Waals surface area contributed by atoms with Crippen molar-refractivity contribution in [3.8, 4) is 0 Å². The molecule has 0 radical (unpaired) electrons. The molecular weight excluding hydrogens is 258 g/mol. The average molecular weight is 277 g/mol. The number of nitrogens with two attached hydrogens (primary N) is 1. The van der Waals surface area contributed by atoms with Gasteiger partial charge in [0.2, 0.25) is 0 Å². The van der Waals surface area contributed by atoms with Gasteiger partial charge in [-0.1, -0.05) is 0 Å². The van der Waals surface area contributed by atoms with Gasteiger partial charge in [-0.15, -0.1) is 0 Å².